The zero-order chi connectivity index (χ0) is 45.7. The Hall–Kier alpha value is -4.68. The number of hydrogen-bond acceptors (Lipinski definition) is 11. The standard InChI is InChI=1S/C42H73N7O12/c1-9-10-11-15-19-32-27(4)39(55)49(8)31(22-26(2)3)37(53)48-34(28-17-13-12-14-18-28)38(54)46-29(23-45-41(58)61-42(5,6)7)36(52)47-30(35(51)44-24-33(50)60-32)25-59-21-16-20-43-40(56)57/h26-32,34,43H,9-25H2,1-8H3,(H,44,51)(H,45,58)(H,46,54)(H,47,52)(H,48,53)(H,56,57)/t27-,29+,30+,31+,32-,34+/m1/s1. The van der Waals surface area contributed by atoms with Crippen LogP contribution in [0.2, 0.25) is 0 Å². The van der Waals surface area contributed by atoms with Crippen LogP contribution in [0.4, 0.5) is 9.59 Å². The van der Waals surface area contributed by atoms with Crippen LogP contribution in [0.15, 0.2) is 0 Å². The average molecular weight is 868 g/mol. The highest BCUT2D eigenvalue weighted by Crippen LogP contribution is 2.28. The zero-order valence-electron chi connectivity index (χ0n) is 37.5. The molecule has 0 radical (unpaired) electrons. The van der Waals surface area contributed by atoms with Crippen LogP contribution in [0.3, 0.4) is 0 Å². The van der Waals surface area contributed by atoms with Crippen LogP contribution in [0.5, 0.6) is 0 Å². The third kappa shape index (κ3) is 19.7. The Labute approximate surface area is 360 Å². The van der Waals surface area contributed by atoms with Crippen molar-refractivity contribution < 1.29 is 57.7 Å². The van der Waals surface area contributed by atoms with Gasteiger partial charge in [0, 0.05) is 20.2 Å². The largest absolute Gasteiger partial charge is 0.465 e. The van der Waals surface area contributed by atoms with E-state index >= 15 is 0 Å². The number of nitrogens with zero attached hydrogens (tertiary/aromatic N) is 1. The second-order valence-electron chi connectivity index (χ2n) is 17.5. The molecule has 1 saturated carbocycles. The molecule has 0 aromatic heterocycles. The number of carboxylic acid groups (broad SMARTS) is 1. The van der Waals surface area contributed by atoms with Crippen molar-refractivity contribution in [3.05, 3.63) is 0 Å². The number of esters is 1. The highest BCUT2D eigenvalue weighted by atomic mass is 16.6. The summed E-state index contributed by atoms with van der Waals surface area (Å²) < 4.78 is 16.8. The number of hydrogen-bond donors (Lipinski definition) is 7. The molecule has 0 unspecified atom stereocenters. The number of alkyl carbamates (subject to hydrolysis) is 1. The lowest BCUT2D eigenvalue weighted by Crippen LogP contribution is -2.62. The maximum atomic E-state index is 14.4. The molecule has 19 heteroatoms. The molecule has 19 nitrogen and oxygen atoms in total. The third-order valence-corrected chi connectivity index (χ3v) is 10.6. The van der Waals surface area contributed by atoms with Crippen LogP contribution in [-0.4, -0.2) is 133 Å². The van der Waals surface area contributed by atoms with E-state index in [0.717, 1.165) is 38.5 Å². The Bertz CT molecular complexity index is 1470. The topological polar surface area (TPSA) is 260 Å². The van der Waals surface area contributed by atoms with Gasteiger partial charge in [-0.1, -0.05) is 66.2 Å². The average Bonchev–Trinajstić information content (AvgIpc) is 3.19. The van der Waals surface area contributed by atoms with Crippen molar-refractivity contribution in [2.45, 2.75) is 161 Å². The first-order valence-electron chi connectivity index (χ1n) is 21.9. The first-order chi connectivity index (χ1) is 28.7. The van der Waals surface area contributed by atoms with E-state index in [9.17, 15) is 38.4 Å². The SMILES string of the molecule is CCCCCC[C@H]1OC(=O)CNC(=O)[C@H](COCCCNC(=O)O)NC(=O)[C@H](CNC(=O)OC(C)(C)C)NC(=O)[C@H](C2CCCCC2)NC(=O)[C@H](CC(C)C)N(C)C(=O)[C@@H]1C. The van der Waals surface area contributed by atoms with E-state index in [-0.39, 0.29) is 37.8 Å². The molecule has 1 saturated heterocycles. The highest BCUT2D eigenvalue weighted by molar-refractivity contribution is 5.96. The van der Waals surface area contributed by atoms with Gasteiger partial charge in [-0.25, -0.2) is 9.59 Å². The van der Waals surface area contributed by atoms with E-state index in [4.69, 9.17) is 19.3 Å². The predicted molar refractivity (Wildman–Crippen MR) is 225 cm³/mol. The van der Waals surface area contributed by atoms with Crippen molar-refractivity contribution in [1.29, 1.82) is 0 Å². The van der Waals surface area contributed by atoms with Gasteiger partial charge in [-0.2, -0.15) is 0 Å². The summed E-state index contributed by atoms with van der Waals surface area (Å²) in [6, 6.07) is -5.08. The van der Waals surface area contributed by atoms with E-state index in [1.165, 1.54) is 11.9 Å². The van der Waals surface area contributed by atoms with Crippen molar-refractivity contribution in [2.75, 3.05) is 39.9 Å². The molecule has 348 valence electrons. The Balaban J connectivity index is 2.64. The molecule has 6 atom stereocenters. The third-order valence-electron chi connectivity index (χ3n) is 10.6. The monoisotopic (exact) mass is 868 g/mol. The van der Waals surface area contributed by atoms with Crippen LogP contribution in [0, 0.1) is 17.8 Å². The molecular weight excluding hydrogens is 794 g/mol. The Kier molecular flexibility index (Phi) is 22.9. The summed E-state index contributed by atoms with van der Waals surface area (Å²) in [6.45, 7) is 11.0. The van der Waals surface area contributed by atoms with Gasteiger partial charge in [-0.3, -0.25) is 28.8 Å². The highest BCUT2D eigenvalue weighted by Gasteiger charge is 2.39. The van der Waals surface area contributed by atoms with Gasteiger partial charge in [0.15, 0.2) is 0 Å². The number of carbonyl (C=O) groups is 8. The van der Waals surface area contributed by atoms with Crippen molar-refractivity contribution in [3.8, 4) is 0 Å². The van der Waals surface area contributed by atoms with Gasteiger partial charge < -0.3 is 56.1 Å². The second kappa shape index (κ2) is 26.6. The molecule has 1 aliphatic carbocycles. The molecule has 0 bridgehead atoms. The van der Waals surface area contributed by atoms with Crippen molar-refractivity contribution >= 4 is 47.7 Å². The summed E-state index contributed by atoms with van der Waals surface area (Å²) >= 11 is 0. The van der Waals surface area contributed by atoms with E-state index in [1.54, 1.807) is 27.7 Å². The zero-order valence-corrected chi connectivity index (χ0v) is 37.5. The first kappa shape index (κ1) is 52.5. The smallest absolute Gasteiger partial charge is 0.407 e. The maximum absolute atomic E-state index is 14.4. The molecule has 1 heterocycles. The maximum Gasteiger partial charge on any atom is 0.407 e. The lowest BCUT2D eigenvalue weighted by atomic mass is 9.83. The van der Waals surface area contributed by atoms with Crippen molar-refractivity contribution in [3.63, 3.8) is 0 Å². The first-order valence-corrected chi connectivity index (χ1v) is 21.9. The Morgan fingerprint density at radius 3 is 2.18 bits per heavy atom. The lowest BCUT2D eigenvalue weighted by molar-refractivity contribution is -0.157. The summed E-state index contributed by atoms with van der Waals surface area (Å²) in [5.74, 6) is -5.51. The van der Waals surface area contributed by atoms with Crippen LogP contribution >= 0.6 is 0 Å². The summed E-state index contributed by atoms with van der Waals surface area (Å²) in [6.07, 6.45) is 5.03. The van der Waals surface area contributed by atoms with E-state index < -0.39 is 109 Å². The van der Waals surface area contributed by atoms with Gasteiger partial charge >= 0.3 is 18.2 Å². The van der Waals surface area contributed by atoms with Gasteiger partial charge in [-0.05, 0) is 71.1 Å². The van der Waals surface area contributed by atoms with E-state index in [0.29, 0.717) is 25.7 Å². The van der Waals surface area contributed by atoms with Crippen LogP contribution in [-0.2, 0) is 43.0 Å². The molecule has 0 spiro atoms. The van der Waals surface area contributed by atoms with E-state index in [2.05, 4.69) is 38.8 Å². The number of amides is 7. The second-order valence-corrected chi connectivity index (χ2v) is 17.5. The molecule has 61 heavy (non-hydrogen) atoms. The van der Waals surface area contributed by atoms with Gasteiger partial charge in [0.05, 0.1) is 19.1 Å². The Morgan fingerprint density at radius 2 is 1.56 bits per heavy atom. The number of unbranched alkanes of at least 4 members (excludes halogenated alkanes) is 3. The summed E-state index contributed by atoms with van der Waals surface area (Å²) in [5, 5.41) is 24.2. The van der Waals surface area contributed by atoms with Gasteiger partial charge in [0.25, 0.3) is 0 Å². The summed E-state index contributed by atoms with van der Waals surface area (Å²) in [7, 11) is 1.52. The summed E-state index contributed by atoms with van der Waals surface area (Å²) in [4.78, 5) is 109. The molecule has 1 aliphatic heterocycles. The fraction of sp³-hybridized carbons (Fsp3) is 0.810. The Morgan fingerprint density at radius 1 is 0.885 bits per heavy atom. The number of carbonyl (C=O) groups excluding carboxylic acids is 7. The van der Waals surface area contributed by atoms with Crippen LogP contribution in [0.25, 0.3) is 0 Å². The van der Waals surface area contributed by atoms with Gasteiger partial charge in [-0.15, -0.1) is 0 Å². The molecule has 2 aliphatic rings. The van der Waals surface area contributed by atoms with Crippen molar-refractivity contribution in [1.82, 2.24) is 36.8 Å². The number of ether oxygens (including phenoxy) is 3. The molecule has 7 amide bonds. The van der Waals surface area contributed by atoms with Gasteiger partial charge in [0.1, 0.15) is 42.4 Å². The number of cyclic esters (lactones) is 1. The molecular formula is C42H73N7O12. The molecule has 0 aromatic rings. The molecule has 2 fully saturated rings. The van der Waals surface area contributed by atoms with E-state index in [1.807, 2.05) is 13.8 Å². The fourth-order valence-electron chi connectivity index (χ4n) is 7.31. The quantitative estimate of drug-likeness (QED) is 0.0873. The lowest BCUT2D eigenvalue weighted by Gasteiger charge is -2.36. The predicted octanol–water partition coefficient (Wildman–Crippen LogP) is 2.74. The number of nitrogens with one attached hydrogen (secondary N) is 6. The van der Waals surface area contributed by atoms with Crippen LogP contribution < -0.4 is 31.9 Å². The number of rotatable bonds is 16. The molecule has 2 rings (SSSR count). The molecule has 7 N–H and O–H groups in total. The van der Waals surface area contributed by atoms with Crippen LogP contribution in [0.1, 0.15) is 126 Å². The minimum atomic E-state index is -1.50. The van der Waals surface area contributed by atoms with Crippen molar-refractivity contribution in [2.24, 2.45) is 17.8 Å². The minimum absolute atomic E-state index is 0.0109. The summed E-state index contributed by atoms with van der Waals surface area (Å²) in [5.41, 5.74) is -0.890. The normalized spacial score (nSPS) is 24.6. The fourth-order valence-corrected chi connectivity index (χ4v) is 7.31. The molecule has 0 aromatic carbocycles. The minimum Gasteiger partial charge on any atom is -0.465 e. The number of likely N-dealkylation sites (N-methyl/N-ethyl adjacent to an activating group) is 1. The van der Waals surface area contributed by atoms with Gasteiger partial charge in [0.2, 0.25) is 29.5 Å².